The molecule has 13 heavy (non-hydrogen) atoms. The quantitative estimate of drug-likeness (QED) is 0.451. The first-order valence-electron chi connectivity index (χ1n) is 4.58. The number of hydrogen-bond donors (Lipinski definition) is 0. The molecule has 2 atom stereocenters. The van der Waals surface area contributed by atoms with Crippen molar-refractivity contribution in [2.24, 2.45) is 10.9 Å². The Morgan fingerprint density at radius 2 is 2.00 bits per heavy atom. The first-order valence-corrected chi connectivity index (χ1v) is 4.58. The molecule has 0 rings (SSSR count). The molecule has 0 aromatic carbocycles. The van der Waals surface area contributed by atoms with E-state index in [9.17, 15) is 0 Å². The Hall–Kier alpha value is -1.11. The second-order valence-electron chi connectivity index (χ2n) is 3.09. The maximum Gasteiger partial charge on any atom is 0.0742 e. The fourth-order valence-corrected chi connectivity index (χ4v) is 0.960. The highest BCUT2D eigenvalue weighted by molar-refractivity contribution is 5.92. The van der Waals surface area contributed by atoms with Gasteiger partial charge in [-0.05, 0) is 25.8 Å². The minimum absolute atomic E-state index is 0.195. The minimum Gasteiger partial charge on any atom is -0.282 e. The van der Waals surface area contributed by atoms with Gasteiger partial charge in [0.25, 0.3) is 0 Å². The summed E-state index contributed by atoms with van der Waals surface area (Å²) in [7, 11) is 0. The highest BCUT2D eigenvalue weighted by Gasteiger charge is 2.08. The molecule has 0 aromatic heterocycles. The zero-order valence-corrected chi connectivity index (χ0v) is 8.83. The van der Waals surface area contributed by atoms with Gasteiger partial charge in [0.2, 0.25) is 0 Å². The number of rotatable bonds is 5. The average molecular weight is 177 g/mol. The second kappa shape index (κ2) is 6.41. The molecule has 0 aromatic rings. The third-order valence-electron chi connectivity index (χ3n) is 1.95. The average Bonchev–Trinajstić information content (AvgIpc) is 2.15. The summed E-state index contributed by atoms with van der Waals surface area (Å²) in [4.78, 5) is 4.50. The third kappa shape index (κ3) is 4.46. The van der Waals surface area contributed by atoms with Crippen molar-refractivity contribution >= 4 is 5.71 Å². The van der Waals surface area contributed by atoms with Crippen LogP contribution in [0.4, 0.5) is 0 Å². The van der Waals surface area contributed by atoms with Gasteiger partial charge in [0.15, 0.2) is 0 Å². The van der Waals surface area contributed by atoms with Crippen molar-refractivity contribution in [1.82, 2.24) is 0 Å². The summed E-state index contributed by atoms with van der Waals surface area (Å²) in [5.74, 6) is 0.367. The maximum atomic E-state index is 4.50. The molecule has 0 aliphatic carbocycles. The van der Waals surface area contributed by atoms with Crippen LogP contribution in [0.3, 0.4) is 0 Å². The van der Waals surface area contributed by atoms with E-state index in [-0.39, 0.29) is 6.04 Å². The number of hydrogen-bond acceptors (Lipinski definition) is 1. The van der Waals surface area contributed by atoms with Gasteiger partial charge in [-0.2, -0.15) is 0 Å². The molecule has 0 radical (unpaired) electrons. The van der Waals surface area contributed by atoms with Crippen molar-refractivity contribution in [3.05, 3.63) is 37.5 Å². The fraction of sp³-hybridized carbons (Fsp3) is 0.417. The fourth-order valence-electron chi connectivity index (χ4n) is 0.960. The summed E-state index contributed by atoms with van der Waals surface area (Å²) in [6.45, 7) is 13.5. The topological polar surface area (TPSA) is 12.4 Å². The minimum atomic E-state index is 0.195. The van der Waals surface area contributed by atoms with Crippen molar-refractivity contribution in [3.63, 3.8) is 0 Å². The lowest BCUT2D eigenvalue weighted by molar-refractivity contribution is 0.634. The lowest BCUT2D eigenvalue weighted by Gasteiger charge is -2.13. The summed E-state index contributed by atoms with van der Waals surface area (Å²) >= 11 is 0. The van der Waals surface area contributed by atoms with Crippen LogP contribution in [0, 0.1) is 5.92 Å². The van der Waals surface area contributed by atoms with Gasteiger partial charge in [0, 0.05) is 5.71 Å². The van der Waals surface area contributed by atoms with Gasteiger partial charge in [-0.15, -0.1) is 6.58 Å². The van der Waals surface area contributed by atoms with Crippen LogP contribution in [0.1, 0.15) is 20.8 Å². The monoisotopic (exact) mass is 177 g/mol. The maximum absolute atomic E-state index is 4.50. The Morgan fingerprint density at radius 1 is 1.38 bits per heavy atom. The molecule has 0 aliphatic heterocycles. The first-order chi connectivity index (χ1) is 6.15. The molecule has 0 saturated heterocycles. The Balaban J connectivity index is 4.60. The number of aliphatic imine (C=N–C) groups is 1. The normalized spacial score (nSPS) is 17.0. The van der Waals surface area contributed by atoms with Gasteiger partial charge in [-0.3, -0.25) is 4.99 Å². The highest BCUT2D eigenvalue weighted by Crippen LogP contribution is 2.10. The van der Waals surface area contributed by atoms with Gasteiger partial charge in [0.1, 0.15) is 0 Å². The van der Waals surface area contributed by atoms with Gasteiger partial charge in [0.05, 0.1) is 6.04 Å². The summed E-state index contributed by atoms with van der Waals surface area (Å²) in [5, 5.41) is 0. The highest BCUT2D eigenvalue weighted by atomic mass is 14.8. The summed E-state index contributed by atoms with van der Waals surface area (Å²) in [5.41, 5.74) is 0.969. The van der Waals surface area contributed by atoms with Crippen molar-refractivity contribution in [2.75, 3.05) is 0 Å². The van der Waals surface area contributed by atoms with E-state index in [1.54, 1.807) is 6.08 Å². The van der Waals surface area contributed by atoms with Crippen LogP contribution < -0.4 is 0 Å². The van der Waals surface area contributed by atoms with Crippen molar-refractivity contribution in [3.8, 4) is 0 Å². The molecular formula is C12H19N. The van der Waals surface area contributed by atoms with E-state index in [0.717, 1.165) is 5.71 Å². The molecule has 1 nitrogen and oxygen atoms in total. The van der Waals surface area contributed by atoms with E-state index in [0.29, 0.717) is 5.92 Å². The van der Waals surface area contributed by atoms with E-state index >= 15 is 0 Å². The second-order valence-corrected chi connectivity index (χ2v) is 3.09. The van der Waals surface area contributed by atoms with Gasteiger partial charge in [-0.25, -0.2) is 0 Å². The van der Waals surface area contributed by atoms with Crippen LogP contribution >= 0.6 is 0 Å². The Morgan fingerprint density at radius 3 is 2.38 bits per heavy atom. The van der Waals surface area contributed by atoms with Crippen molar-refractivity contribution in [1.29, 1.82) is 0 Å². The number of allylic oxidation sites excluding steroid dienone is 2. The Labute approximate surface area is 81.6 Å². The molecule has 72 valence electrons. The van der Waals surface area contributed by atoms with E-state index in [4.69, 9.17) is 0 Å². The van der Waals surface area contributed by atoms with Crippen LogP contribution in [-0.4, -0.2) is 11.8 Å². The predicted octanol–water partition coefficient (Wildman–Crippen LogP) is 3.40. The molecule has 0 amide bonds. The van der Waals surface area contributed by atoms with E-state index in [2.05, 4.69) is 31.2 Å². The van der Waals surface area contributed by atoms with Crippen molar-refractivity contribution < 1.29 is 0 Å². The Kier molecular flexibility index (Phi) is 5.86. The molecule has 0 saturated carbocycles. The van der Waals surface area contributed by atoms with Gasteiger partial charge >= 0.3 is 0 Å². The van der Waals surface area contributed by atoms with E-state index in [1.165, 1.54) is 0 Å². The molecule has 2 unspecified atom stereocenters. The summed E-state index contributed by atoms with van der Waals surface area (Å²) < 4.78 is 0. The van der Waals surface area contributed by atoms with Gasteiger partial charge < -0.3 is 0 Å². The zero-order valence-electron chi connectivity index (χ0n) is 8.83. The van der Waals surface area contributed by atoms with Crippen LogP contribution in [-0.2, 0) is 0 Å². The smallest absolute Gasteiger partial charge is 0.0742 e. The SMILES string of the molecule is C=CC(C)=NC(/C=C\C)C(C)C=C. The van der Waals surface area contributed by atoms with E-state index < -0.39 is 0 Å². The zero-order chi connectivity index (χ0) is 10.3. The molecule has 0 heterocycles. The van der Waals surface area contributed by atoms with Crippen LogP contribution in [0.25, 0.3) is 0 Å². The molecule has 0 bridgehead atoms. The lowest BCUT2D eigenvalue weighted by atomic mass is 10.0. The third-order valence-corrected chi connectivity index (χ3v) is 1.95. The largest absolute Gasteiger partial charge is 0.282 e. The molecule has 0 N–H and O–H groups in total. The first kappa shape index (κ1) is 11.9. The van der Waals surface area contributed by atoms with Crippen molar-refractivity contribution in [2.45, 2.75) is 26.8 Å². The van der Waals surface area contributed by atoms with Crippen LogP contribution in [0.2, 0.25) is 0 Å². The predicted molar refractivity (Wildman–Crippen MR) is 61.3 cm³/mol. The van der Waals surface area contributed by atoms with E-state index in [1.807, 2.05) is 26.0 Å². The molecule has 1 heteroatoms. The summed E-state index contributed by atoms with van der Waals surface area (Å²) in [6, 6.07) is 0.195. The van der Waals surface area contributed by atoms with Gasteiger partial charge in [-0.1, -0.05) is 31.7 Å². The lowest BCUT2D eigenvalue weighted by Crippen LogP contribution is -2.12. The van der Waals surface area contributed by atoms with Crippen LogP contribution in [0.15, 0.2) is 42.5 Å². The Bertz CT molecular complexity index is 223. The molecule has 0 aliphatic rings. The molecule has 0 fully saturated rings. The standard InChI is InChI=1S/C12H19N/c1-6-9-12(10(4)7-2)13-11(5)8-3/h6-10,12H,2-3H2,1,4-5H3/b9-6-,13-11?. The van der Waals surface area contributed by atoms with Crippen LogP contribution in [0.5, 0.6) is 0 Å². The molecular weight excluding hydrogens is 158 g/mol. The summed E-state index contributed by atoms with van der Waals surface area (Å²) in [6.07, 6.45) is 7.79. The molecule has 0 spiro atoms. The number of nitrogens with zero attached hydrogens (tertiary/aromatic N) is 1.